The summed E-state index contributed by atoms with van der Waals surface area (Å²) in [6.07, 6.45) is 1.35. The first-order chi connectivity index (χ1) is 20.2. The number of aliphatic carboxylic acids is 1. The summed E-state index contributed by atoms with van der Waals surface area (Å²) in [4.78, 5) is 36.5. The van der Waals surface area contributed by atoms with Crippen molar-refractivity contribution >= 4 is 54.6 Å². The molecule has 4 rings (SSSR count). The number of anilines is 3. The van der Waals surface area contributed by atoms with Crippen molar-refractivity contribution < 1.29 is 100.0 Å². The monoisotopic (exact) mass is 674 g/mol. The molecule has 45 heavy (non-hydrogen) atoms. The summed E-state index contributed by atoms with van der Waals surface area (Å²) >= 11 is 0. The molecule has 6 N–H and O–H groups in total. The van der Waals surface area contributed by atoms with E-state index in [1.54, 1.807) is 6.07 Å². The number of sulfone groups is 1. The van der Waals surface area contributed by atoms with Crippen LogP contribution in [0.2, 0.25) is 0 Å². The van der Waals surface area contributed by atoms with Gasteiger partial charge >= 0.3 is 59.1 Å². The predicted molar refractivity (Wildman–Crippen MR) is 154 cm³/mol. The molecular formula is C28H28N4Na2O9S2. The third-order valence-electron chi connectivity index (χ3n) is 6.91. The molecule has 1 aliphatic rings. The van der Waals surface area contributed by atoms with Crippen molar-refractivity contribution in [3.05, 3.63) is 76.9 Å². The number of benzene rings is 3. The average Bonchev–Trinajstić information content (AvgIpc) is 2.95. The number of rotatable bonds is 13. The SMILES string of the molecule is Nc1c(S(=O)(=O)[O-])cc(Nc2cccc(S(=O)(=O)CCNCCCC[C@H](N)C(=O)[O-])c2)c2c1C(=O)c1ccccc1C2=O.[Na+].[Na+]. The Labute approximate surface area is 304 Å². The fourth-order valence-corrected chi connectivity index (χ4v) is 6.58. The van der Waals surface area contributed by atoms with Crippen LogP contribution < -0.4 is 86.3 Å². The van der Waals surface area contributed by atoms with E-state index in [1.165, 1.54) is 42.5 Å². The minimum Gasteiger partial charge on any atom is -0.744 e. The van der Waals surface area contributed by atoms with Gasteiger partial charge in [0.05, 0.1) is 44.0 Å². The number of carboxylic acid groups (broad SMARTS) is 1. The van der Waals surface area contributed by atoms with Crippen molar-refractivity contribution in [3.8, 4) is 0 Å². The number of nitrogens with two attached hydrogens (primary N) is 2. The molecule has 0 fully saturated rings. The minimum absolute atomic E-state index is 0. The van der Waals surface area contributed by atoms with Gasteiger partial charge in [0.2, 0.25) is 0 Å². The first-order valence-corrected chi connectivity index (χ1v) is 16.2. The fourth-order valence-electron chi connectivity index (χ4n) is 4.70. The van der Waals surface area contributed by atoms with Gasteiger partial charge in [0.1, 0.15) is 10.1 Å². The first-order valence-electron chi connectivity index (χ1n) is 13.1. The number of ketones is 2. The Kier molecular flexibility index (Phi) is 14.0. The molecule has 0 aliphatic heterocycles. The van der Waals surface area contributed by atoms with E-state index < -0.39 is 59.7 Å². The fraction of sp³-hybridized carbons (Fsp3) is 0.250. The molecule has 3 aromatic rings. The van der Waals surface area contributed by atoms with Crippen LogP contribution in [-0.2, 0) is 24.7 Å². The van der Waals surface area contributed by atoms with Crippen LogP contribution in [-0.4, -0.2) is 63.8 Å². The molecule has 0 aromatic heterocycles. The molecule has 0 saturated heterocycles. The van der Waals surface area contributed by atoms with Crippen LogP contribution in [0, 0.1) is 0 Å². The van der Waals surface area contributed by atoms with E-state index in [0.717, 1.165) is 6.07 Å². The Bertz CT molecular complexity index is 1840. The van der Waals surface area contributed by atoms with Crippen molar-refractivity contribution in [2.45, 2.75) is 35.1 Å². The molecule has 1 aliphatic carbocycles. The van der Waals surface area contributed by atoms with Gasteiger partial charge in [0, 0.05) is 29.4 Å². The second-order valence-electron chi connectivity index (χ2n) is 9.89. The standard InChI is InChI=1S/C28H30N4O9S2.2Na/c29-20(28(35)36)10-3-4-11-31-12-13-42(37,38)17-7-5-6-16(14-17)32-21-15-22(43(39,40)41)25(30)24-23(21)26(33)18-8-1-2-9-19(18)27(24)34;;/h1-2,5-9,14-15,20,31-32H,3-4,10-13,29-30H2,(H,35,36)(H,39,40,41);;/q;2*+1/p-2/t20-;;/m0../s1. The second kappa shape index (κ2) is 16.1. The van der Waals surface area contributed by atoms with E-state index in [9.17, 15) is 40.9 Å². The molecular weight excluding hydrogens is 646 g/mol. The Balaban J connectivity index is 0.00000353. The van der Waals surface area contributed by atoms with Gasteiger partial charge in [-0.2, -0.15) is 0 Å². The number of carbonyl (C=O) groups excluding carboxylic acids is 3. The maximum absolute atomic E-state index is 13.5. The van der Waals surface area contributed by atoms with Gasteiger partial charge in [0.25, 0.3) is 0 Å². The summed E-state index contributed by atoms with van der Waals surface area (Å²) in [6, 6.07) is 11.2. The zero-order chi connectivity index (χ0) is 31.5. The molecule has 13 nitrogen and oxygen atoms in total. The van der Waals surface area contributed by atoms with Crippen LogP contribution in [0.4, 0.5) is 17.1 Å². The van der Waals surface area contributed by atoms with Crippen molar-refractivity contribution in [2.24, 2.45) is 5.73 Å². The van der Waals surface area contributed by atoms with E-state index in [-0.39, 0.29) is 111 Å². The maximum Gasteiger partial charge on any atom is 1.00 e. The molecule has 17 heteroatoms. The van der Waals surface area contributed by atoms with Crippen LogP contribution >= 0.6 is 0 Å². The third kappa shape index (κ3) is 9.02. The molecule has 0 saturated carbocycles. The van der Waals surface area contributed by atoms with Gasteiger partial charge in [-0.3, -0.25) is 9.59 Å². The second-order valence-corrected chi connectivity index (χ2v) is 13.3. The number of nitrogens with one attached hydrogen (secondary N) is 2. The van der Waals surface area contributed by atoms with Crippen LogP contribution in [0.3, 0.4) is 0 Å². The van der Waals surface area contributed by atoms with Gasteiger partial charge in [-0.1, -0.05) is 36.8 Å². The molecule has 0 heterocycles. The smallest absolute Gasteiger partial charge is 0.744 e. The van der Waals surface area contributed by atoms with Crippen LogP contribution in [0.25, 0.3) is 0 Å². The number of nitrogen functional groups attached to an aromatic ring is 1. The van der Waals surface area contributed by atoms with Gasteiger partial charge in [0.15, 0.2) is 21.4 Å². The van der Waals surface area contributed by atoms with Crippen molar-refractivity contribution in [1.29, 1.82) is 0 Å². The number of hydrogen-bond acceptors (Lipinski definition) is 13. The third-order valence-corrected chi connectivity index (χ3v) is 9.50. The van der Waals surface area contributed by atoms with Gasteiger partial charge < -0.3 is 36.6 Å². The van der Waals surface area contributed by atoms with E-state index in [4.69, 9.17) is 11.5 Å². The molecule has 0 unspecified atom stereocenters. The molecule has 1 atom stereocenters. The maximum atomic E-state index is 13.5. The molecule has 0 amide bonds. The number of carboxylic acids is 1. The number of unbranched alkanes of at least 4 members (excludes halogenated alkanes) is 1. The van der Waals surface area contributed by atoms with E-state index in [0.29, 0.717) is 19.4 Å². The largest absolute Gasteiger partial charge is 1.00 e. The minimum atomic E-state index is -5.17. The van der Waals surface area contributed by atoms with Crippen molar-refractivity contribution in [1.82, 2.24) is 5.32 Å². The molecule has 228 valence electrons. The summed E-state index contributed by atoms with van der Waals surface area (Å²) < 4.78 is 62.1. The topological polar surface area (TPSA) is 242 Å². The predicted octanol–water partition coefficient (Wildman–Crippen LogP) is -5.69. The zero-order valence-electron chi connectivity index (χ0n) is 24.7. The summed E-state index contributed by atoms with van der Waals surface area (Å²) in [7, 11) is -8.98. The van der Waals surface area contributed by atoms with E-state index >= 15 is 0 Å². The van der Waals surface area contributed by atoms with E-state index in [1.807, 2.05) is 0 Å². The molecule has 3 aromatic carbocycles. The normalized spacial score (nSPS) is 13.1. The van der Waals surface area contributed by atoms with Gasteiger partial charge in [-0.05, 0) is 43.7 Å². The van der Waals surface area contributed by atoms with Crippen LogP contribution in [0.1, 0.15) is 51.1 Å². The Morgan fingerprint density at radius 2 is 1.49 bits per heavy atom. The molecule has 0 spiro atoms. The number of carbonyl (C=O) groups is 3. The Hall–Kier alpha value is -2.15. The quantitative estimate of drug-likeness (QED) is 0.0448. The van der Waals surface area contributed by atoms with E-state index in [2.05, 4.69) is 10.6 Å². The summed E-state index contributed by atoms with van der Waals surface area (Å²) in [5.74, 6) is -2.96. The van der Waals surface area contributed by atoms with Crippen molar-refractivity contribution in [3.63, 3.8) is 0 Å². The van der Waals surface area contributed by atoms with Gasteiger partial charge in [-0.25, -0.2) is 16.8 Å². The number of fused-ring (bicyclic) bond motifs is 2. The first kappa shape index (κ1) is 39.0. The van der Waals surface area contributed by atoms with Gasteiger partial charge in [-0.15, -0.1) is 0 Å². The summed E-state index contributed by atoms with van der Waals surface area (Å²) in [5, 5.41) is 16.4. The Morgan fingerprint density at radius 3 is 2.09 bits per heavy atom. The zero-order valence-corrected chi connectivity index (χ0v) is 30.3. The van der Waals surface area contributed by atoms with Crippen molar-refractivity contribution in [2.75, 3.05) is 29.9 Å². The summed E-state index contributed by atoms with van der Waals surface area (Å²) in [5.41, 5.74) is 10.0. The summed E-state index contributed by atoms with van der Waals surface area (Å²) in [6.45, 7) is 0.554. The number of hydrogen-bond donors (Lipinski definition) is 4. The Morgan fingerprint density at radius 1 is 0.867 bits per heavy atom. The molecule has 0 bridgehead atoms. The van der Waals surface area contributed by atoms with Crippen LogP contribution in [0.15, 0.2) is 64.4 Å². The average molecular weight is 675 g/mol. The van der Waals surface area contributed by atoms with Crippen LogP contribution in [0.5, 0.6) is 0 Å². The molecule has 0 radical (unpaired) electrons.